The van der Waals surface area contributed by atoms with Crippen LogP contribution in [0.3, 0.4) is 0 Å². The summed E-state index contributed by atoms with van der Waals surface area (Å²) in [5.41, 5.74) is 0.487. The Morgan fingerprint density at radius 3 is 2.85 bits per heavy atom. The fraction of sp³-hybridized carbons (Fsp3) is 0.533. The van der Waals surface area contributed by atoms with Crippen LogP contribution in [0.5, 0.6) is 5.75 Å². The number of nitrogens with one attached hydrogen (secondary N) is 1. The lowest BCUT2D eigenvalue weighted by molar-refractivity contribution is 0.106. The molecule has 0 heterocycles. The molecule has 0 aliphatic rings. The molecule has 0 aliphatic heterocycles. The topological polar surface area (TPSA) is 65.3 Å². The Labute approximate surface area is 125 Å². The van der Waals surface area contributed by atoms with Gasteiger partial charge < -0.3 is 15.2 Å². The molecule has 0 saturated heterocycles. The second-order valence-electron chi connectivity index (χ2n) is 4.79. The lowest BCUT2D eigenvalue weighted by Crippen LogP contribution is -2.34. The Balaban J connectivity index is 2.26. The first-order valence-electron chi connectivity index (χ1n) is 6.67. The molecule has 0 aromatic heterocycles. The monoisotopic (exact) mass is 294 g/mol. The predicted molar refractivity (Wildman–Crippen MR) is 83.1 cm³/mol. The quantitative estimate of drug-likeness (QED) is 0.728. The number of hydrogen-bond acceptors (Lipinski definition) is 5. The number of nitrogens with zero attached hydrogens (tertiary/aromatic N) is 1. The highest BCUT2D eigenvalue weighted by molar-refractivity contribution is 7.98. The van der Waals surface area contributed by atoms with E-state index in [9.17, 15) is 5.11 Å². The molecule has 0 radical (unpaired) electrons. The van der Waals surface area contributed by atoms with E-state index < -0.39 is 6.10 Å². The van der Waals surface area contributed by atoms with E-state index in [1.165, 1.54) is 0 Å². The number of nitriles is 1. The van der Waals surface area contributed by atoms with Gasteiger partial charge in [-0.15, -0.1) is 0 Å². The Hall–Kier alpha value is -1.22. The van der Waals surface area contributed by atoms with Crippen LogP contribution in [-0.2, 0) is 0 Å². The van der Waals surface area contributed by atoms with Crippen LogP contribution >= 0.6 is 11.8 Å². The van der Waals surface area contributed by atoms with Gasteiger partial charge in [-0.05, 0) is 36.6 Å². The molecule has 0 saturated carbocycles. The molecule has 4 nitrogen and oxygen atoms in total. The van der Waals surface area contributed by atoms with Gasteiger partial charge in [-0.25, -0.2) is 0 Å². The van der Waals surface area contributed by atoms with Gasteiger partial charge in [0.1, 0.15) is 24.5 Å². The van der Waals surface area contributed by atoms with Gasteiger partial charge in [0.2, 0.25) is 0 Å². The predicted octanol–water partition coefficient (Wildman–Crippen LogP) is 1.89. The molecule has 0 fully saturated rings. The van der Waals surface area contributed by atoms with Gasteiger partial charge in [0.05, 0.1) is 5.56 Å². The van der Waals surface area contributed by atoms with Gasteiger partial charge in [0.15, 0.2) is 0 Å². The van der Waals surface area contributed by atoms with Crippen molar-refractivity contribution < 1.29 is 9.84 Å². The molecule has 0 aliphatic carbocycles. The number of rotatable bonds is 9. The van der Waals surface area contributed by atoms with Gasteiger partial charge >= 0.3 is 0 Å². The second kappa shape index (κ2) is 9.65. The molecule has 2 N–H and O–H groups in total. The highest BCUT2D eigenvalue weighted by Crippen LogP contribution is 2.16. The summed E-state index contributed by atoms with van der Waals surface area (Å²) >= 11 is 1.82. The van der Waals surface area contributed by atoms with Crippen molar-refractivity contribution in [3.63, 3.8) is 0 Å². The van der Waals surface area contributed by atoms with E-state index in [2.05, 4.69) is 24.6 Å². The van der Waals surface area contributed by atoms with E-state index in [-0.39, 0.29) is 6.61 Å². The van der Waals surface area contributed by atoms with Crippen molar-refractivity contribution in [2.24, 2.45) is 5.92 Å². The maximum absolute atomic E-state index is 9.84. The summed E-state index contributed by atoms with van der Waals surface area (Å²) in [6.45, 7) is 3.73. The van der Waals surface area contributed by atoms with Crippen LogP contribution in [0.4, 0.5) is 0 Å². The molecule has 0 amide bonds. The van der Waals surface area contributed by atoms with Gasteiger partial charge in [-0.2, -0.15) is 17.0 Å². The van der Waals surface area contributed by atoms with Crippen molar-refractivity contribution in [3.05, 3.63) is 29.8 Å². The Bertz CT molecular complexity index is 434. The molecule has 5 heteroatoms. The maximum Gasteiger partial charge on any atom is 0.137 e. The van der Waals surface area contributed by atoms with E-state index in [1.807, 2.05) is 17.8 Å². The van der Waals surface area contributed by atoms with Crippen LogP contribution in [0.15, 0.2) is 24.3 Å². The molecule has 2 unspecified atom stereocenters. The summed E-state index contributed by atoms with van der Waals surface area (Å²) in [4.78, 5) is 0. The van der Waals surface area contributed by atoms with Crippen molar-refractivity contribution >= 4 is 11.8 Å². The number of ether oxygens (including phenoxy) is 1. The minimum absolute atomic E-state index is 0.183. The van der Waals surface area contributed by atoms with Gasteiger partial charge in [-0.3, -0.25) is 0 Å². The minimum atomic E-state index is -0.580. The highest BCUT2D eigenvalue weighted by Gasteiger charge is 2.08. The SMILES string of the molecule is CSCC(C)CNCC(O)COc1ccccc1C#N. The van der Waals surface area contributed by atoms with Gasteiger partial charge in [0.25, 0.3) is 0 Å². The first-order chi connectivity index (χ1) is 9.67. The summed E-state index contributed by atoms with van der Waals surface area (Å²) in [5, 5.41) is 22.0. The first kappa shape index (κ1) is 16.8. The third-order valence-electron chi connectivity index (χ3n) is 2.76. The van der Waals surface area contributed by atoms with E-state index in [0.29, 0.717) is 23.8 Å². The molecule has 1 aromatic carbocycles. The molecular weight excluding hydrogens is 272 g/mol. The summed E-state index contributed by atoms with van der Waals surface area (Å²) < 4.78 is 5.48. The standard InChI is InChI=1S/C15H22N2O2S/c1-12(11-20-2)8-17-9-14(18)10-19-15-6-4-3-5-13(15)7-16/h3-6,12,14,17-18H,8-11H2,1-2H3. The Morgan fingerprint density at radius 2 is 2.15 bits per heavy atom. The molecule has 110 valence electrons. The normalized spacial score (nSPS) is 13.5. The smallest absolute Gasteiger partial charge is 0.137 e. The number of aliphatic hydroxyl groups excluding tert-OH is 1. The number of para-hydroxylation sites is 1. The van der Waals surface area contributed by atoms with Crippen LogP contribution < -0.4 is 10.1 Å². The van der Waals surface area contributed by atoms with Crippen molar-refractivity contribution in [2.75, 3.05) is 31.7 Å². The van der Waals surface area contributed by atoms with Crippen molar-refractivity contribution in [1.29, 1.82) is 5.26 Å². The van der Waals surface area contributed by atoms with Gasteiger partial charge in [0, 0.05) is 6.54 Å². The zero-order chi connectivity index (χ0) is 14.8. The zero-order valence-electron chi connectivity index (χ0n) is 12.0. The summed E-state index contributed by atoms with van der Waals surface area (Å²) in [5.74, 6) is 2.21. The Morgan fingerprint density at radius 1 is 1.40 bits per heavy atom. The van der Waals surface area contributed by atoms with Crippen LogP contribution in [0.2, 0.25) is 0 Å². The number of aliphatic hydroxyl groups is 1. The van der Waals surface area contributed by atoms with E-state index in [0.717, 1.165) is 12.3 Å². The van der Waals surface area contributed by atoms with Crippen LogP contribution in [0.25, 0.3) is 0 Å². The molecule has 2 atom stereocenters. The third kappa shape index (κ3) is 6.29. The lowest BCUT2D eigenvalue weighted by atomic mass is 10.2. The van der Waals surface area contributed by atoms with Crippen molar-refractivity contribution in [1.82, 2.24) is 5.32 Å². The maximum atomic E-state index is 9.84. The zero-order valence-corrected chi connectivity index (χ0v) is 12.8. The number of thioether (sulfide) groups is 1. The fourth-order valence-electron chi connectivity index (χ4n) is 1.77. The molecule has 0 spiro atoms. The van der Waals surface area contributed by atoms with E-state index >= 15 is 0 Å². The van der Waals surface area contributed by atoms with Crippen LogP contribution in [-0.4, -0.2) is 42.9 Å². The van der Waals surface area contributed by atoms with Crippen molar-refractivity contribution in [2.45, 2.75) is 13.0 Å². The highest BCUT2D eigenvalue weighted by atomic mass is 32.2. The van der Waals surface area contributed by atoms with Crippen molar-refractivity contribution in [3.8, 4) is 11.8 Å². The molecule has 1 aromatic rings. The van der Waals surface area contributed by atoms with Gasteiger partial charge in [-0.1, -0.05) is 19.1 Å². The molecule has 20 heavy (non-hydrogen) atoms. The summed E-state index contributed by atoms with van der Waals surface area (Å²) in [6.07, 6.45) is 1.51. The lowest BCUT2D eigenvalue weighted by Gasteiger charge is -2.16. The van der Waals surface area contributed by atoms with Crippen LogP contribution in [0, 0.1) is 17.2 Å². The third-order valence-corrected chi connectivity index (χ3v) is 3.67. The average Bonchev–Trinajstić information content (AvgIpc) is 2.45. The molecular formula is C15H22N2O2S. The average molecular weight is 294 g/mol. The number of hydrogen-bond donors (Lipinski definition) is 2. The molecule has 1 rings (SSSR count). The fourth-order valence-corrected chi connectivity index (χ4v) is 2.46. The second-order valence-corrected chi connectivity index (χ2v) is 5.70. The van der Waals surface area contributed by atoms with E-state index in [1.54, 1.807) is 18.2 Å². The summed E-state index contributed by atoms with van der Waals surface area (Å²) in [7, 11) is 0. The van der Waals surface area contributed by atoms with E-state index in [4.69, 9.17) is 10.00 Å². The minimum Gasteiger partial charge on any atom is -0.489 e. The largest absolute Gasteiger partial charge is 0.489 e. The summed E-state index contributed by atoms with van der Waals surface area (Å²) in [6, 6.07) is 9.10. The van der Waals surface area contributed by atoms with Crippen LogP contribution in [0.1, 0.15) is 12.5 Å². The molecule has 0 bridgehead atoms. The number of benzene rings is 1. The first-order valence-corrected chi connectivity index (χ1v) is 8.06. The Kier molecular flexibility index (Phi) is 8.12.